The maximum absolute atomic E-state index is 12.3. The third-order valence-corrected chi connectivity index (χ3v) is 6.05. The van der Waals surface area contributed by atoms with Gasteiger partial charge in [0.25, 0.3) is 0 Å². The molecule has 0 unspecified atom stereocenters. The number of ether oxygens (including phenoxy) is 1. The zero-order valence-corrected chi connectivity index (χ0v) is 16.8. The Labute approximate surface area is 160 Å². The summed E-state index contributed by atoms with van der Waals surface area (Å²) in [4.78, 5) is 12.4. The molecule has 2 aromatic carbocycles. The maximum Gasteiger partial charge on any atom is 0.242 e. The van der Waals surface area contributed by atoms with Crippen molar-refractivity contribution in [1.29, 1.82) is 0 Å². The maximum atomic E-state index is 12.3. The Morgan fingerprint density at radius 2 is 1.81 bits per heavy atom. The monoisotopic (exact) mass is 439 g/mol. The summed E-state index contributed by atoms with van der Waals surface area (Å²) in [6.07, 6.45) is 2.95. The van der Waals surface area contributed by atoms with Crippen LogP contribution in [0, 0.1) is 0 Å². The Morgan fingerprint density at radius 3 is 2.35 bits per heavy atom. The number of aromatic hydroxyl groups is 1. The van der Waals surface area contributed by atoms with Gasteiger partial charge in [-0.1, -0.05) is 6.08 Å². The molecule has 0 aromatic heterocycles. The molecule has 0 saturated carbocycles. The second-order valence-corrected chi connectivity index (χ2v) is 8.57. The molecule has 0 fully saturated rings. The molecule has 8 heteroatoms. The predicted octanol–water partition coefficient (Wildman–Crippen LogP) is 3.31. The quantitative estimate of drug-likeness (QED) is 0.551. The van der Waals surface area contributed by atoms with Gasteiger partial charge in [0.1, 0.15) is 0 Å². The zero-order chi connectivity index (χ0) is 19.5. The number of methoxy groups -OCH3 is 1. The Morgan fingerprint density at radius 1 is 1.19 bits per heavy atom. The standard InChI is InChI=1S/C18H18BrNO5S/c1-20(2)26(23,24)14-7-5-13(6-8-14)16(21)9-4-12-10-15(19)18(22)17(11-12)25-3/h4-11,22H,1-3H3/b9-4+. The van der Waals surface area contributed by atoms with Crippen molar-refractivity contribution in [2.75, 3.05) is 21.2 Å². The number of phenols is 1. The van der Waals surface area contributed by atoms with Crippen molar-refractivity contribution in [2.45, 2.75) is 4.90 Å². The van der Waals surface area contributed by atoms with E-state index in [1.807, 2.05) is 0 Å². The average molecular weight is 440 g/mol. The summed E-state index contributed by atoms with van der Waals surface area (Å²) in [6.45, 7) is 0. The van der Waals surface area contributed by atoms with E-state index in [0.29, 0.717) is 15.6 Å². The highest BCUT2D eigenvalue weighted by molar-refractivity contribution is 9.10. The van der Waals surface area contributed by atoms with Gasteiger partial charge in [-0.3, -0.25) is 4.79 Å². The first kappa shape index (κ1) is 20.2. The van der Waals surface area contributed by atoms with Crippen LogP contribution >= 0.6 is 15.9 Å². The van der Waals surface area contributed by atoms with Gasteiger partial charge in [0.05, 0.1) is 16.5 Å². The van der Waals surface area contributed by atoms with Gasteiger partial charge in [0.15, 0.2) is 17.3 Å². The van der Waals surface area contributed by atoms with Crippen LogP contribution in [-0.4, -0.2) is 44.8 Å². The molecule has 0 amide bonds. The van der Waals surface area contributed by atoms with Crippen molar-refractivity contribution in [1.82, 2.24) is 4.31 Å². The molecule has 1 N–H and O–H groups in total. The SMILES string of the molecule is COc1cc(/C=C/C(=O)c2ccc(S(=O)(=O)N(C)C)cc2)cc(Br)c1O. The Kier molecular flexibility index (Phi) is 6.22. The molecule has 0 heterocycles. The number of ketones is 1. The van der Waals surface area contributed by atoms with Crippen LogP contribution in [0.2, 0.25) is 0 Å². The lowest BCUT2D eigenvalue weighted by Gasteiger charge is -2.11. The molecule has 0 aliphatic carbocycles. The van der Waals surface area contributed by atoms with E-state index in [1.54, 1.807) is 18.2 Å². The molecule has 0 saturated heterocycles. The second kappa shape index (κ2) is 8.03. The highest BCUT2D eigenvalue weighted by Gasteiger charge is 2.17. The van der Waals surface area contributed by atoms with Crippen LogP contribution in [0.1, 0.15) is 15.9 Å². The van der Waals surface area contributed by atoms with Crippen LogP contribution in [0.3, 0.4) is 0 Å². The number of hydrogen-bond acceptors (Lipinski definition) is 5. The summed E-state index contributed by atoms with van der Waals surface area (Å²) in [5, 5.41) is 9.79. The van der Waals surface area contributed by atoms with Gasteiger partial charge in [0, 0.05) is 19.7 Å². The summed E-state index contributed by atoms with van der Waals surface area (Å²) in [5.74, 6) is -0.0136. The summed E-state index contributed by atoms with van der Waals surface area (Å²) >= 11 is 3.22. The molecule has 2 aromatic rings. The molecule has 0 radical (unpaired) electrons. The third kappa shape index (κ3) is 4.32. The lowest BCUT2D eigenvalue weighted by atomic mass is 10.1. The molecular weight excluding hydrogens is 422 g/mol. The van der Waals surface area contributed by atoms with E-state index in [2.05, 4.69) is 15.9 Å². The number of hydrogen-bond donors (Lipinski definition) is 1. The van der Waals surface area contributed by atoms with Crippen molar-refractivity contribution >= 4 is 37.8 Å². The average Bonchev–Trinajstić information content (AvgIpc) is 2.62. The molecule has 2 rings (SSSR count). The van der Waals surface area contributed by atoms with E-state index in [1.165, 1.54) is 51.5 Å². The minimum atomic E-state index is -3.53. The van der Waals surface area contributed by atoms with Crippen LogP contribution in [0.4, 0.5) is 0 Å². The largest absolute Gasteiger partial charge is 0.503 e. The molecule has 0 aliphatic heterocycles. The molecule has 0 bridgehead atoms. The Hall–Kier alpha value is -2.16. The van der Waals surface area contributed by atoms with E-state index < -0.39 is 10.0 Å². The number of allylic oxidation sites excluding steroid dienone is 1. The van der Waals surface area contributed by atoms with Crippen molar-refractivity contribution < 1.29 is 23.1 Å². The van der Waals surface area contributed by atoms with Crippen LogP contribution < -0.4 is 4.74 Å². The number of carbonyl (C=O) groups excluding carboxylic acids is 1. The summed E-state index contributed by atoms with van der Waals surface area (Å²) in [5.41, 5.74) is 1.02. The fourth-order valence-electron chi connectivity index (χ4n) is 2.12. The molecule has 6 nitrogen and oxygen atoms in total. The number of benzene rings is 2. The van der Waals surface area contributed by atoms with E-state index in [4.69, 9.17) is 4.74 Å². The van der Waals surface area contributed by atoms with Crippen molar-refractivity contribution in [2.24, 2.45) is 0 Å². The van der Waals surface area contributed by atoms with Gasteiger partial charge in [-0.25, -0.2) is 12.7 Å². The van der Waals surface area contributed by atoms with Gasteiger partial charge >= 0.3 is 0 Å². The lowest BCUT2D eigenvalue weighted by molar-refractivity contribution is 0.104. The van der Waals surface area contributed by atoms with Crippen LogP contribution in [-0.2, 0) is 10.0 Å². The fourth-order valence-corrected chi connectivity index (χ4v) is 3.48. The number of phenolic OH excluding ortho intramolecular Hbond substituents is 1. The summed E-state index contributed by atoms with van der Waals surface area (Å²) in [6, 6.07) is 8.98. The molecule has 0 spiro atoms. The normalized spacial score (nSPS) is 11.9. The van der Waals surface area contributed by atoms with Gasteiger partial charge < -0.3 is 9.84 Å². The van der Waals surface area contributed by atoms with Crippen LogP contribution in [0.15, 0.2) is 51.8 Å². The summed E-state index contributed by atoms with van der Waals surface area (Å²) in [7, 11) is 0.795. The highest BCUT2D eigenvalue weighted by Crippen LogP contribution is 2.35. The molecule has 0 aliphatic rings. The number of rotatable bonds is 6. The lowest BCUT2D eigenvalue weighted by Crippen LogP contribution is -2.22. The van der Waals surface area contributed by atoms with Crippen LogP contribution in [0.5, 0.6) is 11.5 Å². The molecule has 26 heavy (non-hydrogen) atoms. The second-order valence-electron chi connectivity index (χ2n) is 5.56. The van der Waals surface area contributed by atoms with Gasteiger partial charge in [-0.2, -0.15) is 0 Å². The molecule has 138 valence electrons. The van der Waals surface area contributed by atoms with E-state index in [9.17, 15) is 18.3 Å². The van der Waals surface area contributed by atoms with Gasteiger partial charge in [0.2, 0.25) is 10.0 Å². The first-order chi connectivity index (χ1) is 12.2. The van der Waals surface area contributed by atoms with Crippen molar-refractivity contribution in [3.63, 3.8) is 0 Å². The van der Waals surface area contributed by atoms with E-state index >= 15 is 0 Å². The number of sulfonamides is 1. The van der Waals surface area contributed by atoms with Crippen LogP contribution in [0.25, 0.3) is 6.08 Å². The van der Waals surface area contributed by atoms with Crippen molar-refractivity contribution in [3.05, 3.63) is 58.1 Å². The topological polar surface area (TPSA) is 83.9 Å². The number of carbonyl (C=O) groups is 1. The first-order valence-electron chi connectivity index (χ1n) is 7.48. The predicted molar refractivity (Wildman–Crippen MR) is 103 cm³/mol. The van der Waals surface area contributed by atoms with E-state index in [0.717, 1.165) is 4.31 Å². The first-order valence-corrected chi connectivity index (χ1v) is 9.71. The number of halogens is 1. The third-order valence-electron chi connectivity index (χ3n) is 3.62. The Bertz CT molecular complexity index is 950. The molecular formula is C18H18BrNO5S. The Balaban J connectivity index is 2.23. The smallest absolute Gasteiger partial charge is 0.242 e. The highest BCUT2D eigenvalue weighted by atomic mass is 79.9. The molecule has 0 atom stereocenters. The zero-order valence-electron chi connectivity index (χ0n) is 14.4. The number of nitrogens with zero attached hydrogens (tertiary/aromatic N) is 1. The summed E-state index contributed by atoms with van der Waals surface area (Å²) < 4.78 is 30.7. The van der Waals surface area contributed by atoms with E-state index in [-0.39, 0.29) is 22.2 Å². The fraction of sp³-hybridized carbons (Fsp3) is 0.167. The van der Waals surface area contributed by atoms with Crippen molar-refractivity contribution in [3.8, 4) is 11.5 Å². The minimum absolute atomic E-state index is 0.0198. The van der Waals surface area contributed by atoms with Gasteiger partial charge in [-0.15, -0.1) is 0 Å². The minimum Gasteiger partial charge on any atom is -0.503 e. The van der Waals surface area contributed by atoms with Gasteiger partial charge in [-0.05, 0) is 64.0 Å².